The highest BCUT2D eigenvalue weighted by Gasteiger charge is 2.19. The number of hydrogen-bond donors (Lipinski definition) is 2. The van der Waals surface area contributed by atoms with Crippen molar-refractivity contribution in [2.24, 2.45) is 5.73 Å². The largest absolute Gasteiger partial charge is 0.366 e. The molecule has 98 valence electrons. The van der Waals surface area contributed by atoms with Gasteiger partial charge in [-0.15, -0.1) is 0 Å². The Labute approximate surface area is 119 Å². The summed E-state index contributed by atoms with van der Waals surface area (Å²) in [5.74, 6) is -0.0981. The van der Waals surface area contributed by atoms with E-state index in [9.17, 15) is 9.59 Å². The molecule has 18 heavy (non-hydrogen) atoms. The summed E-state index contributed by atoms with van der Waals surface area (Å²) in [5.41, 5.74) is 5.78. The quantitative estimate of drug-likeness (QED) is 0.867. The minimum absolute atomic E-state index is 0.0281. The molecule has 6 heteroatoms. The highest BCUT2D eigenvalue weighted by atomic mass is 79.9. The Hall–Kier alpha value is -1.01. The molecule has 0 aliphatic carbocycles. The van der Waals surface area contributed by atoms with Crippen molar-refractivity contribution >= 4 is 39.5 Å². The van der Waals surface area contributed by atoms with Gasteiger partial charge in [-0.3, -0.25) is 9.59 Å². The van der Waals surface area contributed by atoms with Crippen LogP contribution in [0.25, 0.3) is 0 Å². The van der Waals surface area contributed by atoms with Crippen molar-refractivity contribution in [2.75, 3.05) is 12.0 Å². The normalized spacial score (nSPS) is 11.9. The summed E-state index contributed by atoms with van der Waals surface area (Å²) in [7, 11) is 0. The first-order chi connectivity index (χ1) is 8.47. The Morgan fingerprint density at radius 2 is 2.17 bits per heavy atom. The molecule has 2 amide bonds. The van der Waals surface area contributed by atoms with E-state index in [0.717, 1.165) is 5.75 Å². The average Bonchev–Trinajstić information content (AvgIpc) is 2.28. The fourth-order valence-corrected chi connectivity index (χ4v) is 2.68. The highest BCUT2D eigenvalue weighted by Crippen LogP contribution is 2.20. The molecule has 3 N–H and O–H groups in total. The van der Waals surface area contributed by atoms with Crippen molar-refractivity contribution in [1.82, 2.24) is 5.32 Å². The summed E-state index contributed by atoms with van der Waals surface area (Å²) in [4.78, 5) is 23.4. The van der Waals surface area contributed by atoms with Crippen molar-refractivity contribution in [3.8, 4) is 0 Å². The third kappa shape index (κ3) is 3.74. The molecule has 1 aromatic carbocycles. The monoisotopic (exact) mass is 330 g/mol. The van der Waals surface area contributed by atoms with Gasteiger partial charge in [-0.05, 0) is 41.2 Å². The van der Waals surface area contributed by atoms with E-state index >= 15 is 0 Å². The van der Waals surface area contributed by atoms with Gasteiger partial charge in [0.2, 0.25) is 5.91 Å². The molecule has 1 aromatic rings. The zero-order valence-electron chi connectivity index (χ0n) is 10.2. The number of thioether (sulfide) groups is 1. The lowest BCUT2D eigenvalue weighted by molar-refractivity contribution is 0.0927. The molecule has 0 spiro atoms. The van der Waals surface area contributed by atoms with Gasteiger partial charge in [-0.25, -0.2) is 0 Å². The van der Waals surface area contributed by atoms with Crippen molar-refractivity contribution in [3.05, 3.63) is 33.8 Å². The second kappa shape index (κ2) is 6.80. The van der Waals surface area contributed by atoms with Gasteiger partial charge in [0.15, 0.2) is 0 Å². The van der Waals surface area contributed by atoms with E-state index in [2.05, 4.69) is 21.2 Å². The molecule has 0 aromatic heterocycles. The third-order valence-corrected chi connectivity index (χ3v) is 3.79. The maximum absolute atomic E-state index is 12.1. The van der Waals surface area contributed by atoms with Gasteiger partial charge < -0.3 is 11.1 Å². The molecular formula is C12H15BrN2O2S. The van der Waals surface area contributed by atoms with Crippen LogP contribution in [0.15, 0.2) is 22.7 Å². The number of benzene rings is 1. The Kier molecular flexibility index (Phi) is 5.68. The second-order valence-electron chi connectivity index (χ2n) is 3.86. The molecule has 0 radical (unpaired) electrons. The summed E-state index contributed by atoms with van der Waals surface area (Å²) in [6.45, 7) is 1.91. The Bertz CT molecular complexity index is 465. The topological polar surface area (TPSA) is 72.2 Å². The van der Waals surface area contributed by atoms with Crippen molar-refractivity contribution in [2.45, 2.75) is 13.0 Å². The van der Waals surface area contributed by atoms with Crippen LogP contribution in [0.2, 0.25) is 0 Å². The number of nitrogens with one attached hydrogen (secondary N) is 1. The molecule has 1 rings (SSSR count). The lowest BCUT2D eigenvalue weighted by Crippen LogP contribution is -2.35. The zero-order chi connectivity index (χ0) is 13.7. The van der Waals surface area contributed by atoms with Gasteiger partial charge in [-0.1, -0.05) is 6.07 Å². The minimum atomic E-state index is -0.612. The van der Waals surface area contributed by atoms with Crippen LogP contribution in [-0.4, -0.2) is 29.9 Å². The van der Waals surface area contributed by atoms with E-state index in [1.807, 2.05) is 13.2 Å². The molecule has 4 nitrogen and oxygen atoms in total. The summed E-state index contributed by atoms with van der Waals surface area (Å²) in [6, 6.07) is 4.95. The van der Waals surface area contributed by atoms with E-state index in [4.69, 9.17) is 5.73 Å². The Morgan fingerprint density at radius 1 is 1.50 bits per heavy atom. The van der Waals surface area contributed by atoms with Crippen LogP contribution in [0, 0.1) is 0 Å². The first-order valence-corrected chi connectivity index (χ1v) is 7.54. The number of nitrogens with two attached hydrogens (primary N) is 1. The molecule has 1 atom stereocenters. The van der Waals surface area contributed by atoms with E-state index in [-0.39, 0.29) is 23.1 Å². The van der Waals surface area contributed by atoms with Crippen LogP contribution in [0.3, 0.4) is 0 Å². The Morgan fingerprint density at radius 3 is 2.72 bits per heavy atom. The number of hydrogen-bond acceptors (Lipinski definition) is 3. The smallest absolute Gasteiger partial charge is 0.253 e. The fraction of sp³-hybridized carbons (Fsp3) is 0.333. The highest BCUT2D eigenvalue weighted by molar-refractivity contribution is 9.10. The molecule has 0 aliphatic rings. The van der Waals surface area contributed by atoms with Crippen molar-refractivity contribution < 1.29 is 9.59 Å². The van der Waals surface area contributed by atoms with Crippen LogP contribution < -0.4 is 11.1 Å². The SMILES string of the molecule is CSC[C@H](C)NC(=O)c1c(Br)cccc1C(N)=O. The van der Waals surface area contributed by atoms with E-state index in [1.165, 1.54) is 0 Å². The number of rotatable bonds is 5. The summed E-state index contributed by atoms with van der Waals surface area (Å²) in [5, 5.41) is 2.84. The maximum atomic E-state index is 12.1. The van der Waals surface area contributed by atoms with Gasteiger partial charge in [0.05, 0.1) is 11.1 Å². The summed E-state index contributed by atoms with van der Waals surface area (Å²) < 4.78 is 0.563. The number of primary amides is 1. The van der Waals surface area contributed by atoms with E-state index < -0.39 is 5.91 Å². The zero-order valence-corrected chi connectivity index (χ0v) is 12.6. The molecule has 0 bridgehead atoms. The second-order valence-corrected chi connectivity index (χ2v) is 5.62. The molecule has 0 fully saturated rings. The van der Waals surface area contributed by atoms with Gasteiger partial charge in [-0.2, -0.15) is 11.8 Å². The van der Waals surface area contributed by atoms with E-state index in [1.54, 1.807) is 30.0 Å². The number of carbonyl (C=O) groups excluding carboxylic acids is 2. The Balaban J connectivity index is 3.01. The number of amides is 2. The van der Waals surface area contributed by atoms with Crippen molar-refractivity contribution in [1.29, 1.82) is 0 Å². The minimum Gasteiger partial charge on any atom is -0.366 e. The predicted molar refractivity (Wildman–Crippen MR) is 78.0 cm³/mol. The van der Waals surface area contributed by atoms with Crippen LogP contribution in [-0.2, 0) is 0 Å². The van der Waals surface area contributed by atoms with Gasteiger partial charge in [0, 0.05) is 16.3 Å². The lowest BCUT2D eigenvalue weighted by atomic mass is 10.1. The van der Waals surface area contributed by atoms with Crippen LogP contribution >= 0.6 is 27.7 Å². The van der Waals surface area contributed by atoms with Crippen LogP contribution in [0.1, 0.15) is 27.6 Å². The maximum Gasteiger partial charge on any atom is 0.253 e. The standard InChI is InChI=1S/C12H15BrN2O2S/c1-7(6-18-2)15-12(17)10-8(11(14)16)4-3-5-9(10)13/h3-5,7H,6H2,1-2H3,(H2,14,16)(H,15,17)/t7-/m0/s1. The van der Waals surface area contributed by atoms with Gasteiger partial charge >= 0.3 is 0 Å². The number of carbonyl (C=O) groups is 2. The molecular weight excluding hydrogens is 316 g/mol. The third-order valence-electron chi connectivity index (χ3n) is 2.30. The predicted octanol–water partition coefficient (Wildman–Crippen LogP) is 2.03. The first kappa shape index (κ1) is 15.0. The molecule has 0 unspecified atom stereocenters. The summed E-state index contributed by atoms with van der Waals surface area (Å²) in [6.07, 6.45) is 1.97. The average molecular weight is 331 g/mol. The molecule has 0 saturated heterocycles. The van der Waals surface area contributed by atoms with Crippen LogP contribution in [0.5, 0.6) is 0 Å². The molecule has 0 saturated carbocycles. The van der Waals surface area contributed by atoms with E-state index in [0.29, 0.717) is 4.47 Å². The number of halogens is 1. The summed E-state index contributed by atoms with van der Waals surface area (Å²) >= 11 is 4.91. The van der Waals surface area contributed by atoms with Gasteiger partial charge in [0.25, 0.3) is 5.91 Å². The molecule has 0 heterocycles. The lowest BCUT2D eigenvalue weighted by Gasteiger charge is -2.14. The molecule has 0 aliphatic heterocycles. The van der Waals surface area contributed by atoms with Crippen molar-refractivity contribution in [3.63, 3.8) is 0 Å². The van der Waals surface area contributed by atoms with Gasteiger partial charge in [0.1, 0.15) is 0 Å². The van der Waals surface area contributed by atoms with Crippen LogP contribution in [0.4, 0.5) is 0 Å². The fourth-order valence-electron chi connectivity index (χ4n) is 1.55. The first-order valence-electron chi connectivity index (χ1n) is 5.35.